The van der Waals surface area contributed by atoms with Crippen LogP contribution in [-0.4, -0.2) is 14.9 Å². The summed E-state index contributed by atoms with van der Waals surface area (Å²) in [5, 5.41) is 0.956. The van der Waals surface area contributed by atoms with Gasteiger partial charge in [0.2, 0.25) is 0 Å². The molecule has 20 heavy (non-hydrogen) atoms. The maximum Gasteiger partial charge on any atom is 0.348 e. The molecule has 0 radical (unpaired) electrons. The van der Waals surface area contributed by atoms with Crippen LogP contribution in [0.25, 0.3) is 0 Å². The highest BCUT2D eigenvalue weighted by molar-refractivity contribution is 9.10. The van der Waals surface area contributed by atoms with Gasteiger partial charge in [0.1, 0.15) is 0 Å². The third-order valence-electron chi connectivity index (χ3n) is 4.48. The van der Waals surface area contributed by atoms with Crippen LogP contribution in [0.3, 0.4) is 0 Å². The van der Waals surface area contributed by atoms with Crippen molar-refractivity contribution in [1.29, 1.82) is 0 Å². The summed E-state index contributed by atoms with van der Waals surface area (Å²) in [6.45, 7) is 4.64. The molecule has 0 saturated heterocycles. The Balaban J connectivity index is 2.37. The average Bonchev–Trinajstić information content (AvgIpc) is 2.67. The molecule has 0 aliphatic heterocycles. The monoisotopic (exact) mass is 404 g/mol. The number of aromatic nitrogens is 2. The molecule has 1 aromatic rings. The van der Waals surface area contributed by atoms with Gasteiger partial charge in [0, 0.05) is 17.6 Å². The van der Waals surface area contributed by atoms with Gasteiger partial charge in [-0.05, 0) is 48.0 Å². The number of aryl methyl sites for hydroxylation is 1. The lowest BCUT2D eigenvalue weighted by molar-refractivity contribution is 0.235. The zero-order chi connectivity index (χ0) is 14.8. The zero-order valence-electron chi connectivity index (χ0n) is 12.2. The van der Waals surface area contributed by atoms with E-state index in [0.29, 0.717) is 0 Å². The largest absolute Gasteiger partial charge is 0.348 e. The van der Waals surface area contributed by atoms with E-state index in [1.165, 1.54) is 38.5 Å². The Labute approximate surface area is 137 Å². The van der Waals surface area contributed by atoms with Crippen LogP contribution in [0.4, 0.5) is 0 Å². The SMILES string of the molecule is Cc1nc(=O)n(CC2(CBr)CCCCCC2)c(C)c1Br. The number of halogens is 2. The average molecular weight is 406 g/mol. The van der Waals surface area contributed by atoms with Crippen LogP contribution in [0.2, 0.25) is 0 Å². The lowest BCUT2D eigenvalue weighted by Crippen LogP contribution is -2.36. The second-order valence-corrected chi connectivity index (χ2v) is 7.37. The molecule has 0 aromatic carbocycles. The molecule has 0 bridgehead atoms. The highest BCUT2D eigenvalue weighted by atomic mass is 79.9. The highest BCUT2D eigenvalue weighted by Crippen LogP contribution is 2.38. The summed E-state index contributed by atoms with van der Waals surface area (Å²) in [7, 11) is 0. The van der Waals surface area contributed by atoms with Crippen molar-refractivity contribution in [2.45, 2.75) is 58.9 Å². The van der Waals surface area contributed by atoms with Crippen molar-refractivity contribution >= 4 is 31.9 Å². The second-order valence-electron chi connectivity index (χ2n) is 6.01. The smallest absolute Gasteiger partial charge is 0.295 e. The van der Waals surface area contributed by atoms with Gasteiger partial charge in [-0.15, -0.1) is 0 Å². The molecule has 0 atom stereocenters. The number of alkyl halides is 1. The molecule has 0 spiro atoms. The van der Waals surface area contributed by atoms with E-state index in [-0.39, 0.29) is 11.1 Å². The van der Waals surface area contributed by atoms with E-state index in [0.717, 1.165) is 27.7 Å². The third kappa shape index (κ3) is 3.35. The molecule has 3 nitrogen and oxygen atoms in total. The highest BCUT2D eigenvalue weighted by Gasteiger charge is 2.31. The van der Waals surface area contributed by atoms with Crippen LogP contribution >= 0.6 is 31.9 Å². The maximum atomic E-state index is 12.2. The van der Waals surface area contributed by atoms with Gasteiger partial charge >= 0.3 is 5.69 Å². The van der Waals surface area contributed by atoms with Crippen LogP contribution in [0.1, 0.15) is 49.9 Å². The summed E-state index contributed by atoms with van der Waals surface area (Å²) in [6, 6.07) is 0. The van der Waals surface area contributed by atoms with Crippen molar-refractivity contribution in [3.63, 3.8) is 0 Å². The Kier molecular flexibility index (Phi) is 5.46. The van der Waals surface area contributed by atoms with Crippen LogP contribution in [0.15, 0.2) is 9.27 Å². The summed E-state index contributed by atoms with van der Waals surface area (Å²) >= 11 is 7.24. The molecule has 0 unspecified atom stereocenters. The minimum absolute atomic E-state index is 0.118. The summed E-state index contributed by atoms with van der Waals surface area (Å²) in [6.07, 6.45) is 7.54. The summed E-state index contributed by atoms with van der Waals surface area (Å²) in [4.78, 5) is 16.4. The normalized spacial score (nSPS) is 18.8. The molecule has 0 N–H and O–H groups in total. The fourth-order valence-corrected chi connectivity index (χ4v) is 4.15. The molecule has 1 aliphatic rings. The molecule has 5 heteroatoms. The van der Waals surface area contributed by atoms with Gasteiger partial charge in [0.25, 0.3) is 0 Å². The van der Waals surface area contributed by atoms with E-state index >= 15 is 0 Å². The van der Waals surface area contributed by atoms with Crippen molar-refractivity contribution in [3.05, 3.63) is 26.3 Å². The fraction of sp³-hybridized carbons (Fsp3) is 0.733. The van der Waals surface area contributed by atoms with Crippen molar-refractivity contribution < 1.29 is 0 Å². The number of rotatable bonds is 3. The first-order valence-electron chi connectivity index (χ1n) is 7.29. The van der Waals surface area contributed by atoms with Crippen LogP contribution < -0.4 is 5.69 Å². The minimum Gasteiger partial charge on any atom is -0.295 e. The van der Waals surface area contributed by atoms with Gasteiger partial charge in [0.15, 0.2) is 0 Å². The first-order valence-corrected chi connectivity index (χ1v) is 9.20. The Morgan fingerprint density at radius 1 is 1.20 bits per heavy atom. The quantitative estimate of drug-likeness (QED) is 0.553. The van der Waals surface area contributed by atoms with E-state index in [1.54, 1.807) is 0 Å². The minimum atomic E-state index is -0.118. The Hall–Kier alpha value is -0.160. The lowest BCUT2D eigenvalue weighted by atomic mass is 9.82. The molecule has 1 heterocycles. The Morgan fingerprint density at radius 2 is 1.80 bits per heavy atom. The summed E-state index contributed by atoms with van der Waals surface area (Å²) in [5.41, 5.74) is 1.85. The van der Waals surface area contributed by atoms with Gasteiger partial charge in [-0.25, -0.2) is 4.79 Å². The van der Waals surface area contributed by atoms with E-state index in [1.807, 2.05) is 18.4 Å². The van der Waals surface area contributed by atoms with Crippen LogP contribution in [0.5, 0.6) is 0 Å². The Bertz CT molecular complexity index is 531. The molecule has 0 amide bonds. The first kappa shape index (κ1) is 16.2. The van der Waals surface area contributed by atoms with E-state index in [2.05, 4.69) is 36.8 Å². The number of hydrogen-bond donors (Lipinski definition) is 0. The predicted octanol–water partition coefficient (Wildman–Crippen LogP) is 4.36. The van der Waals surface area contributed by atoms with Crippen LogP contribution in [-0.2, 0) is 6.54 Å². The topological polar surface area (TPSA) is 34.9 Å². The van der Waals surface area contributed by atoms with E-state index in [9.17, 15) is 4.79 Å². The molecule has 1 saturated carbocycles. The van der Waals surface area contributed by atoms with Gasteiger partial charge in [0.05, 0.1) is 10.2 Å². The standard InChI is InChI=1S/C15H22Br2N2O/c1-11-13(17)12(2)19(14(20)18-11)10-15(9-16)7-5-3-4-6-8-15/h3-10H2,1-2H3. The second kappa shape index (κ2) is 6.73. The Morgan fingerprint density at radius 3 is 2.35 bits per heavy atom. The summed E-state index contributed by atoms with van der Waals surface area (Å²) in [5.74, 6) is 0. The first-order chi connectivity index (χ1) is 9.49. The van der Waals surface area contributed by atoms with Crippen molar-refractivity contribution in [2.24, 2.45) is 5.41 Å². The van der Waals surface area contributed by atoms with E-state index < -0.39 is 0 Å². The van der Waals surface area contributed by atoms with Crippen LogP contribution in [0, 0.1) is 19.3 Å². The fourth-order valence-electron chi connectivity index (χ4n) is 3.11. The predicted molar refractivity (Wildman–Crippen MR) is 89.6 cm³/mol. The maximum absolute atomic E-state index is 12.2. The van der Waals surface area contributed by atoms with Gasteiger partial charge in [-0.1, -0.05) is 41.6 Å². The van der Waals surface area contributed by atoms with Crippen molar-refractivity contribution in [1.82, 2.24) is 9.55 Å². The van der Waals surface area contributed by atoms with Crippen molar-refractivity contribution in [2.75, 3.05) is 5.33 Å². The molecule has 112 valence electrons. The van der Waals surface area contributed by atoms with Gasteiger partial charge in [-0.3, -0.25) is 4.57 Å². The third-order valence-corrected chi connectivity index (χ3v) is 6.81. The van der Waals surface area contributed by atoms with Gasteiger partial charge < -0.3 is 0 Å². The van der Waals surface area contributed by atoms with Crippen molar-refractivity contribution in [3.8, 4) is 0 Å². The summed E-state index contributed by atoms with van der Waals surface area (Å²) < 4.78 is 2.80. The molecule has 1 aromatic heterocycles. The molecule has 1 aliphatic carbocycles. The van der Waals surface area contributed by atoms with E-state index in [4.69, 9.17) is 0 Å². The van der Waals surface area contributed by atoms with Gasteiger partial charge in [-0.2, -0.15) is 4.98 Å². The molecule has 2 rings (SSSR count). The number of hydrogen-bond acceptors (Lipinski definition) is 2. The molecular formula is C15H22Br2N2O. The molecular weight excluding hydrogens is 384 g/mol. The number of nitrogens with zero attached hydrogens (tertiary/aromatic N) is 2. The molecule has 1 fully saturated rings. The lowest BCUT2D eigenvalue weighted by Gasteiger charge is -2.32. The zero-order valence-corrected chi connectivity index (χ0v) is 15.4.